The van der Waals surface area contributed by atoms with Crippen LogP contribution in [0.5, 0.6) is 0 Å². The Labute approximate surface area is 140 Å². The number of carbonyl (C=O) groups is 1. The van der Waals surface area contributed by atoms with Crippen molar-refractivity contribution >= 4 is 24.0 Å². The Morgan fingerprint density at radius 2 is 2.13 bits per heavy atom. The van der Waals surface area contributed by atoms with Crippen molar-refractivity contribution in [2.24, 2.45) is 5.73 Å². The summed E-state index contributed by atoms with van der Waals surface area (Å²) >= 11 is 0. The standard InChI is InChI=1S/C15H19FN4O2.ClH/c1-9-6-10(2)20(19-9)14-5-4-11(7-12(14)16)18-15(21)13(17)8-22-3;/h4-7,13H,8,17H2,1-3H3,(H,18,21);1H. The number of benzene rings is 1. The monoisotopic (exact) mass is 342 g/mol. The number of methoxy groups -OCH3 is 1. The van der Waals surface area contributed by atoms with E-state index < -0.39 is 17.8 Å². The van der Waals surface area contributed by atoms with Crippen molar-refractivity contribution in [3.63, 3.8) is 0 Å². The topological polar surface area (TPSA) is 82.2 Å². The van der Waals surface area contributed by atoms with Crippen LogP contribution in [0.3, 0.4) is 0 Å². The van der Waals surface area contributed by atoms with Gasteiger partial charge in [-0.2, -0.15) is 5.10 Å². The third kappa shape index (κ3) is 4.51. The van der Waals surface area contributed by atoms with Crippen molar-refractivity contribution in [1.29, 1.82) is 0 Å². The number of aryl methyl sites for hydroxylation is 2. The molecule has 0 spiro atoms. The van der Waals surface area contributed by atoms with Crippen molar-refractivity contribution in [2.75, 3.05) is 19.0 Å². The lowest BCUT2D eigenvalue weighted by Gasteiger charge is -2.12. The Morgan fingerprint density at radius 3 is 2.65 bits per heavy atom. The highest BCUT2D eigenvalue weighted by atomic mass is 35.5. The third-order valence-electron chi connectivity index (χ3n) is 3.14. The smallest absolute Gasteiger partial charge is 0.243 e. The summed E-state index contributed by atoms with van der Waals surface area (Å²) in [6.45, 7) is 3.78. The number of amides is 1. The third-order valence-corrected chi connectivity index (χ3v) is 3.14. The van der Waals surface area contributed by atoms with Gasteiger partial charge in [0.2, 0.25) is 5.91 Å². The normalized spacial score (nSPS) is 11.7. The predicted octanol–water partition coefficient (Wildman–Crippen LogP) is 1.96. The van der Waals surface area contributed by atoms with Crippen LogP contribution in [0.4, 0.5) is 10.1 Å². The molecule has 1 aromatic heterocycles. The highest BCUT2D eigenvalue weighted by molar-refractivity contribution is 5.94. The molecule has 0 bridgehead atoms. The van der Waals surface area contributed by atoms with E-state index in [0.717, 1.165) is 11.4 Å². The van der Waals surface area contributed by atoms with Crippen molar-refractivity contribution in [3.8, 4) is 5.69 Å². The molecular weight excluding hydrogens is 323 g/mol. The van der Waals surface area contributed by atoms with E-state index in [4.69, 9.17) is 10.5 Å². The van der Waals surface area contributed by atoms with Gasteiger partial charge in [0.25, 0.3) is 0 Å². The van der Waals surface area contributed by atoms with E-state index in [2.05, 4.69) is 10.4 Å². The fourth-order valence-corrected chi connectivity index (χ4v) is 2.12. The van der Waals surface area contributed by atoms with Crippen LogP contribution in [0.25, 0.3) is 5.69 Å². The first kappa shape index (κ1) is 19.1. The van der Waals surface area contributed by atoms with Crippen LogP contribution in [0.15, 0.2) is 24.3 Å². The molecule has 0 fully saturated rings. The number of hydrogen-bond donors (Lipinski definition) is 2. The minimum absolute atomic E-state index is 0. The van der Waals surface area contributed by atoms with E-state index in [1.165, 1.54) is 17.9 Å². The van der Waals surface area contributed by atoms with Gasteiger partial charge in [0.1, 0.15) is 11.7 Å². The number of hydrogen-bond acceptors (Lipinski definition) is 4. The van der Waals surface area contributed by atoms with Gasteiger partial charge < -0.3 is 15.8 Å². The molecule has 1 amide bonds. The Morgan fingerprint density at radius 1 is 1.43 bits per heavy atom. The SMILES string of the molecule is COCC(N)C(=O)Nc1ccc(-n2nc(C)cc2C)c(F)c1.Cl. The molecule has 2 rings (SSSR count). The summed E-state index contributed by atoms with van der Waals surface area (Å²) in [6, 6.07) is 5.46. The maximum Gasteiger partial charge on any atom is 0.243 e. The minimum Gasteiger partial charge on any atom is -0.383 e. The molecule has 6 nitrogen and oxygen atoms in total. The second-order valence-corrected chi connectivity index (χ2v) is 5.06. The summed E-state index contributed by atoms with van der Waals surface area (Å²) in [4.78, 5) is 11.8. The molecule has 0 aliphatic carbocycles. The van der Waals surface area contributed by atoms with Gasteiger partial charge in [-0.05, 0) is 38.1 Å². The zero-order valence-corrected chi connectivity index (χ0v) is 14.0. The summed E-state index contributed by atoms with van der Waals surface area (Å²) in [7, 11) is 1.45. The maximum atomic E-state index is 14.3. The largest absolute Gasteiger partial charge is 0.383 e. The van der Waals surface area contributed by atoms with E-state index in [0.29, 0.717) is 11.4 Å². The molecule has 0 aliphatic rings. The van der Waals surface area contributed by atoms with Crippen molar-refractivity contribution in [1.82, 2.24) is 9.78 Å². The Hall–Kier alpha value is -1.96. The second kappa shape index (κ2) is 8.05. The zero-order chi connectivity index (χ0) is 16.3. The maximum absolute atomic E-state index is 14.3. The highest BCUT2D eigenvalue weighted by Crippen LogP contribution is 2.20. The number of halogens is 2. The first-order chi connectivity index (χ1) is 10.4. The molecule has 23 heavy (non-hydrogen) atoms. The van der Waals surface area contributed by atoms with Gasteiger partial charge in [-0.1, -0.05) is 0 Å². The van der Waals surface area contributed by atoms with E-state index in [1.807, 2.05) is 19.9 Å². The first-order valence-corrected chi connectivity index (χ1v) is 6.81. The molecule has 1 atom stereocenters. The van der Waals surface area contributed by atoms with Crippen LogP contribution in [0.1, 0.15) is 11.4 Å². The van der Waals surface area contributed by atoms with Crippen molar-refractivity contribution < 1.29 is 13.9 Å². The number of anilines is 1. The van der Waals surface area contributed by atoms with Gasteiger partial charge in [0.15, 0.2) is 5.82 Å². The van der Waals surface area contributed by atoms with Crippen LogP contribution < -0.4 is 11.1 Å². The number of aromatic nitrogens is 2. The van der Waals surface area contributed by atoms with Gasteiger partial charge >= 0.3 is 0 Å². The lowest BCUT2D eigenvalue weighted by molar-refractivity contribution is -0.118. The summed E-state index contributed by atoms with van der Waals surface area (Å²) in [6.07, 6.45) is 0. The Balaban J connectivity index is 0.00000264. The second-order valence-electron chi connectivity index (χ2n) is 5.06. The Bertz CT molecular complexity index is 690. The fourth-order valence-electron chi connectivity index (χ4n) is 2.12. The molecule has 3 N–H and O–H groups in total. The average molecular weight is 343 g/mol. The highest BCUT2D eigenvalue weighted by Gasteiger charge is 2.15. The van der Waals surface area contributed by atoms with Gasteiger partial charge in [0.05, 0.1) is 12.3 Å². The molecule has 8 heteroatoms. The van der Waals surface area contributed by atoms with Crippen LogP contribution in [-0.4, -0.2) is 35.4 Å². The van der Waals surface area contributed by atoms with Crippen LogP contribution in [-0.2, 0) is 9.53 Å². The molecule has 1 unspecified atom stereocenters. The number of rotatable bonds is 5. The minimum atomic E-state index is -0.802. The van der Waals surface area contributed by atoms with Crippen LogP contribution >= 0.6 is 12.4 Å². The lowest BCUT2D eigenvalue weighted by atomic mass is 10.2. The number of nitrogens with one attached hydrogen (secondary N) is 1. The molecule has 0 saturated heterocycles. The van der Waals surface area contributed by atoms with E-state index >= 15 is 0 Å². The molecule has 126 valence electrons. The molecule has 0 aliphatic heterocycles. The average Bonchev–Trinajstić information content (AvgIpc) is 2.78. The lowest BCUT2D eigenvalue weighted by Crippen LogP contribution is -2.39. The van der Waals surface area contributed by atoms with E-state index in [9.17, 15) is 9.18 Å². The fraction of sp³-hybridized carbons (Fsp3) is 0.333. The Kier molecular flexibility index (Phi) is 6.68. The van der Waals surface area contributed by atoms with Gasteiger partial charge in [-0.3, -0.25) is 4.79 Å². The van der Waals surface area contributed by atoms with Gasteiger partial charge in [-0.15, -0.1) is 12.4 Å². The van der Waals surface area contributed by atoms with E-state index in [1.54, 1.807) is 12.1 Å². The van der Waals surface area contributed by atoms with Crippen molar-refractivity contribution in [3.05, 3.63) is 41.5 Å². The summed E-state index contributed by atoms with van der Waals surface area (Å²) in [5, 5.41) is 6.79. The quantitative estimate of drug-likeness (QED) is 0.870. The summed E-state index contributed by atoms with van der Waals surface area (Å²) < 4.78 is 20.6. The summed E-state index contributed by atoms with van der Waals surface area (Å²) in [5.41, 5.74) is 7.90. The first-order valence-electron chi connectivity index (χ1n) is 6.81. The number of nitrogens with zero attached hydrogens (tertiary/aromatic N) is 2. The van der Waals surface area contributed by atoms with Crippen LogP contribution in [0.2, 0.25) is 0 Å². The van der Waals surface area contributed by atoms with E-state index in [-0.39, 0.29) is 19.0 Å². The molecule has 0 saturated carbocycles. The predicted molar refractivity (Wildman–Crippen MR) is 88.7 cm³/mol. The van der Waals surface area contributed by atoms with Gasteiger partial charge in [0, 0.05) is 18.5 Å². The molecule has 1 aromatic carbocycles. The molecule has 0 radical (unpaired) electrons. The number of carbonyl (C=O) groups excluding carboxylic acids is 1. The number of nitrogens with two attached hydrogens (primary N) is 1. The van der Waals surface area contributed by atoms with Crippen LogP contribution in [0, 0.1) is 19.7 Å². The molecule has 1 heterocycles. The molecular formula is C15H20ClFN4O2. The molecule has 2 aromatic rings. The zero-order valence-electron chi connectivity index (χ0n) is 13.2. The van der Waals surface area contributed by atoms with Crippen molar-refractivity contribution in [2.45, 2.75) is 19.9 Å². The number of ether oxygens (including phenoxy) is 1. The summed E-state index contributed by atoms with van der Waals surface area (Å²) in [5.74, 6) is -0.913. The van der Waals surface area contributed by atoms with Gasteiger partial charge in [-0.25, -0.2) is 9.07 Å².